The molecule has 1 saturated heterocycles. The second kappa shape index (κ2) is 5.79. The molecule has 0 aliphatic carbocycles. The molecular formula is C15H22N2O4. The van der Waals surface area contributed by atoms with Crippen molar-refractivity contribution < 1.29 is 18.7 Å². The third-order valence-corrected chi connectivity index (χ3v) is 3.27. The maximum absolute atomic E-state index is 12.3. The zero-order valence-corrected chi connectivity index (χ0v) is 13.0. The number of furan rings is 1. The first-order chi connectivity index (χ1) is 9.78. The van der Waals surface area contributed by atoms with Crippen LogP contribution in [0, 0.1) is 6.92 Å². The quantitative estimate of drug-likeness (QED) is 0.797. The maximum Gasteiger partial charge on any atom is 0.410 e. The minimum Gasteiger partial charge on any atom is -0.459 e. The van der Waals surface area contributed by atoms with Crippen LogP contribution in [0.1, 0.15) is 36.9 Å². The molecule has 2 heterocycles. The molecule has 1 aromatic heterocycles. The van der Waals surface area contributed by atoms with Gasteiger partial charge in [-0.2, -0.15) is 0 Å². The summed E-state index contributed by atoms with van der Waals surface area (Å²) >= 11 is 0. The van der Waals surface area contributed by atoms with Crippen LogP contribution in [0.2, 0.25) is 0 Å². The fourth-order valence-electron chi connectivity index (χ4n) is 2.15. The molecule has 1 fully saturated rings. The highest BCUT2D eigenvalue weighted by Crippen LogP contribution is 2.15. The topological polar surface area (TPSA) is 63.0 Å². The predicted octanol–water partition coefficient (Wildman–Crippen LogP) is 2.28. The van der Waals surface area contributed by atoms with Gasteiger partial charge in [-0.15, -0.1) is 0 Å². The molecule has 0 saturated carbocycles. The highest BCUT2D eigenvalue weighted by atomic mass is 16.6. The van der Waals surface area contributed by atoms with Crippen LogP contribution in [-0.4, -0.2) is 53.6 Å². The summed E-state index contributed by atoms with van der Waals surface area (Å²) in [6, 6.07) is 1.77. The summed E-state index contributed by atoms with van der Waals surface area (Å²) in [6.07, 6.45) is 1.18. The van der Waals surface area contributed by atoms with Gasteiger partial charge in [0.25, 0.3) is 5.91 Å². The molecule has 21 heavy (non-hydrogen) atoms. The van der Waals surface area contributed by atoms with Crippen LogP contribution in [-0.2, 0) is 4.74 Å². The molecule has 6 heteroatoms. The van der Waals surface area contributed by atoms with E-state index < -0.39 is 5.60 Å². The Morgan fingerprint density at radius 2 is 1.71 bits per heavy atom. The Morgan fingerprint density at radius 3 is 2.19 bits per heavy atom. The van der Waals surface area contributed by atoms with Crippen molar-refractivity contribution in [3.63, 3.8) is 0 Å². The lowest BCUT2D eigenvalue weighted by atomic mass is 10.2. The molecule has 0 N–H and O–H groups in total. The van der Waals surface area contributed by atoms with E-state index in [1.807, 2.05) is 27.7 Å². The number of ether oxygens (including phenoxy) is 1. The summed E-state index contributed by atoms with van der Waals surface area (Å²) in [5.41, 5.74) is 0.324. The number of aryl methyl sites for hydroxylation is 1. The van der Waals surface area contributed by atoms with Crippen molar-refractivity contribution in [2.45, 2.75) is 33.3 Å². The summed E-state index contributed by atoms with van der Waals surface area (Å²) in [6.45, 7) is 9.27. The average molecular weight is 294 g/mol. The maximum atomic E-state index is 12.3. The molecular weight excluding hydrogens is 272 g/mol. The monoisotopic (exact) mass is 294 g/mol. The van der Waals surface area contributed by atoms with Gasteiger partial charge < -0.3 is 19.0 Å². The molecule has 0 atom stereocenters. The van der Waals surface area contributed by atoms with Crippen LogP contribution in [0.5, 0.6) is 0 Å². The van der Waals surface area contributed by atoms with Gasteiger partial charge in [0.15, 0.2) is 5.76 Å². The fraction of sp³-hybridized carbons (Fsp3) is 0.600. The molecule has 0 unspecified atom stereocenters. The number of nitrogens with zero attached hydrogens (tertiary/aromatic N) is 2. The van der Waals surface area contributed by atoms with Gasteiger partial charge in [0.2, 0.25) is 0 Å². The number of amides is 2. The first-order valence-electron chi connectivity index (χ1n) is 7.09. The largest absolute Gasteiger partial charge is 0.459 e. The van der Waals surface area contributed by atoms with E-state index in [1.54, 1.807) is 15.9 Å². The van der Waals surface area contributed by atoms with Crippen LogP contribution in [0.15, 0.2) is 16.7 Å². The van der Waals surface area contributed by atoms with Crippen LogP contribution >= 0.6 is 0 Å². The van der Waals surface area contributed by atoms with Gasteiger partial charge in [-0.05, 0) is 33.8 Å². The summed E-state index contributed by atoms with van der Waals surface area (Å²) in [5, 5.41) is 0. The zero-order chi connectivity index (χ0) is 15.6. The molecule has 6 nitrogen and oxygen atoms in total. The van der Waals surface area contributed by atoms with Gasteiger partial charge in [0.1, 0.15) is 5.60 Å². The molecule has 1 aliphatic heterocycles. The van der Waals surface area contributed by atoms with Gasteiger partial charge in [-0.3, -0.25) is 4.79 Å². The molecule has 2 rings (SSSR count). The predicted molar refractivity (Wildman–Crippen MR) is 77.2 cm³/mol. The van der Waals surface area contributed by atoms with Crippen molar-refractivity contribution in [3.05, 3.63) is 23.7 Å². The number of carbonyl (C=O) groups excluding carboxylic acids is 2. The van der Waals surface area contributed by atoms with E-state index in [4.69, 9.17) is 9.15 Å². The Hall–Kier alpha value is -1.98. The highest BCUT2D eigenvalue weighted by Gasteiger charge is 2.29. The van der Waals surface area contributed by atoms with Crippen molar-refractivity contribution in [2.75, 3.05) is 26.2 Å². The van der Waals surface area contributed by atoms with Gasteiger partial charge in [0.05, 0.1) is 6.26 Å². The van der Waals surface area contributed by atoms with Crippen LogP contribution < -0.4 is 0 Å². The molecule has 0 radical (unpaired) electrons. The highest BCUT2D eigenvalue weighted by molar-refractivity contribution is 5.93. The van der Waals surface area contributed by atoms with Crippen molar-refractivity contribution in [1.29, 1.82) is 0 Å². The Labute approximate surface area is 124 Å². The van der Waals surface area contributed by atoms with Crippen molar-refractivity contribution in [3.8, 4) is 0 Å². The fourth-order valence-corrected chi connectivity index (χ4v) is 2.15. The summed E-state index contributed by atoms with van der Waals surface area (Å²) in [4.78, 5) is 27.6. The molecule has 2 amide bonds. The van der Waals surface area contributed by atoms with E-state index >= 15 is 0 Å². The van der Waals surface area contributed by atoms with Gasteiger partial charge in [0, 0.05) is 31.7 Å². The Morgan fingerprint density at radius 1 is 1.14 bits per heavy atom. The van der Waals surface area contributed by atoms with Crippen molar-refractivity contribution in [2.24, 2.45) is 0 Å². The molecule has 0 aromatic carbocycles. The number of hydrogen-bond acceptors (Lipinski definition) is 4. The molecule has 1 aliphatic rings. The van der Waals surface area contributed by atoms with Crippen LogP contribution in [0.4, 0.5) is 4.79 Å². The Kier molecular flexibility index (Phi) is 4.25. The third kappa shape index (κ3) is 3.77. The third-order valence-electron chi connectivity index (χ3n) is 3.27. The molecule has 0 bridgehead atoms. The first-order valence-corrected chi connectivity index (χ1v) is 7.09. The van der Waals surface area contributed by atoms with E-state index in [2.05, 4.69) is 0 Å². The lowest BCUT2D eigenvalue weighted by Crippen LogP contribution is -2.51. The second-order valence-corrected chi connectivity index (χ2v) is 6.19. The molecule has 1 aromatic rings. The van der Waals surface area contributed by atoms with Crippen LogP contribution in [0.25, 0.3) is 0 Å². The smallest absolute Gasteiger partial charge is 0.410 e. The van der Waals surface area contributed by atoms with Crippen LogP contribution in [0.3, 0.4) is 0 Å². The molecule has 0 spiro atoms. The van der Waals surface area contributed by atoms with E-state index in [-0.39, 0.29) is 12.0 Å². The normalized spacial score (nSPS) is 16.0. The average Bonchev–Trinajstić information content (AvgIpc) is 2.82. The van der Waals surface area contributed by atoms with E-state index in [0.29, 0.717) is 31.9 Å². The van der Waals surface area contributed by atoms with Crippen molar-refractivity contribution in [1.82, 2.24) is 9.80 Å². The standard InChI is InChI=1S/C15H22N2O4/c1-11-5-10-20-12(11)13(18)16-6-8-17(9-7-16)14(19)21-15(2,3)4/h5,10H,6-9H2,1-4H3. The van der Waals surface area contributed by atoms with E-state index in [0.717, 1.165) is 5.56 Å². The summed E-state index contributed by atoms with van der Waals surface area (Å²) in [7, 11) is 0. The number of carbonyl (C=O) groups is 2. The van der Waals surface area contributed by atoms with Gasteiger partial charge in [-0.1, -0.05) is 0 Å². The first kappa shape index (κ1) is 15.4. The SMILES string of the molecule is Cc1ccoc1C(=O)N1CCN(C(=O)OC(C)(C)C)CC1. The van der Waals surface area contributed by atoms with E-state index in [9.17, 15) is 9.59 Å². The number of hydrogen-bond donors (Lipinski definition) is 0. The van der Waals surface area contributed by atoms with E-state index in [1.165, 1.54) is 6.26 Å². The minimum absolute atomic E-state index is 0.124. The number of rotatable bonds is 1. The second-order valence-electron chi connectivity index (χ2n) is 6.19. The van der Waals surface area contributed by atoms with Crippen molar-refractivity contribution >= 4 is 12.0 Å². The lowest BCUT2D eigenvalue weighted by Gasteiger charge is -2.35. The Bertz CT molecular complexity index is 522. The zero-order valence-electron chi connectivity index (χ0n) is 13.0. The summed E-state index contributed by atoms with van der Waals surface area (Å²) < 4.78 is 10.6. The number of piperazine rings is 1. The summed E-state index contributed by atoms with van der Waals surface area (Å²) in [5.74, 6) is 0.252. The van der Waals surface area contributed by atoms with Gasteiger partial charge >= 0.3 is 6.09 Å². The lowest BCUT2D eigenvalue weighted by molar-refractivity contribution is 0.0137. The molecule has 116 valence electrons. The van der Waals surface area contributed by atoms with Gasteiger partial charge in [-0.25, -0.2) is 4.79 Å². The Balaban J connectivity index is 1.90. The minimum atomic E-state index is -0.505.